The van der Waals surface area contributed by atoms with E-state index in [0.717, 1.165) is 15.8 Å². The van der Waals surface area contributed by atoms with Gasteiger partial charge in [-0.3, -0.25) is 4.79 Å². The first-order valence-corrected chi connectivity index (χ1v) is 9.78. The fraction of sp³-hybridized carbons (Fsp3) is 0.273. The molecule has 6 heteroatoms. The number of fused-ring (bicyclic) bond motifs is 1. The van der Waals surface area contributed by atoms with Gasteiger partial charge in [-0.2, -0.15) is 4.99 Å². The third-order valence-corrected chi connectivity index (χ3v) is 5.71. The van der Waals surface area contributed by atoms with Crippen LogP contribution < -0.4 is 14.3 Å². The molecule has 0 aliphatic rings. The summed E-state index contributed by atoms with van der Waals surface area (Å²) in [5.41, 5.74) is 4.28. The molecule has 0 N–H and O–H groups in total. The van der Waals surface area contributed by atoms with Crippen molar-refractivity contribution in [2.45, 2.75) is 26.8 Å². The SMILES string of the molecule is C=CCn1c(=NC(=O)Cc2ccc(OC)cc2OC)sc2cc(C)c(C)cc21. The van der Waals surface area contributed by atoms with Crippen LogP contribution in [0.5, 0.6) is 11.5 Å². The number of thiazole rings is 1. The highest BCUT2D eigenvalue weighted by Crippen LogP contribution is 2.25. The van der Waals surface area contributed by atoms with Crippen LogP contribution in [0.4, 0.5) is 0 Å². The Morgan fingerprint density at radius 2 is 1.93 bits per heavy atom. The first-order chi connectivity index (χ1) is 13.5. The summed E-state index contributed by atoms with van der Waals surface area (Å²) >= 11 is 1.52. The van der Waals surface area contributed by atoms with Crippen molar-refractivity contribution in [3.63, 3.8) is 0 Å². The Hall–Kier alpha value is -2.86. The van der Waals surface area contributed by atoms with E-state index in [2.05, 4.69) is 37.6 Å². The monoisotopic (exact) mass is 396 g/mol. The summed E-state index contributed by atoms with van der Waals surface area (Å²) in [5, 5.41) is 0. The molecule has 146 valence electrons. The van der Waals surface area contributed by atoms with Crippen LogP contribution in [0.2, 0.25) is 0 Å². The van der Waals surface area contributed by atoms with Crippen molar-refractivity contribution < 1.29 is 14.3 Å². The van der Waals surface area contributed by atoms with Crippen LogP contribution in [0.3, 0.4) is 0 Å². The number of carbonyl (C=O) groups excluding carboxylic acids is 1. The van der Waals surface area contributed by atoms with Crippen LogP contribution >= 0.6 is 11.3 Å². The number of carbonyl (C=O) groups is 1. The molecule has 0 saturated carbocycles. The molecule has 0 saturated heterocycles. The Balaban J connectivity index is 2.01. The average molecular weight is 397 g/mol. The van der Waals surface area contributed by atoms with Gasteiger partial charge in [0.15, 0.2) is 4.80 Å². The minimum Gasteiger partial charge on any atom is -0.497 e. The molecule has 5 nitrogen and oxygen atoms in total. The number of hydrogen-bond acceptors (Lipinski definition) is 4. The van der Waals surface area contributed by atoms with Crippen LogP contribution in [0.1, 0.15) is 16.7 Å². The first kappa shape index (κ1) is 19.9. The molecule has 2 aromatic carbocycles. The molecular formula is C22H24N2O3S. The normalized spacial score (nSPS) is 11.6. The molecule has 1 aromatic heterocycles. The number of allylic oxidation sites excluding steroid dienone is 1. The van der Waals surface area contributed by atoms with Gasteiger partial charge in [0.25, 0.3) is 5.91 Å². The molecule has 3 aromatic rings. The number of nitrogens with zero attached hydrogens (tertiary/aromatic N) is 2. The second kappa shape index (κ2) is 8.44. The molecular weight excluding hydrogens is 372 g/mol. The molecule has 0 radical (unpaired) electrons. The Kier molecular flexibility index (Phi) is 5.99. The van der Waals surface area contributed by atoms with Crippen molar-refractivity contribution in [1.29, 1.82) is 0 Å². The van der Waals surface area contributed by atoms with Gasteiger partial charge in [-0.1, -0.05) is 23.5 Å². The Morgan fingerprint density at radius 1 is 1.18 bits per heavy atom. The Morgan fingerprint density at radius 3 is 2.61 bits per heavy atom. The third-order valence-electron chi connectivity index (χ3n) is 4.67. The third kappa shape index (κ3) is 4.02. The summed E-state index contributed by atoms with van der Waals surface area (Å²) in [6.07, 6.45) is 1.98. The minimum atomic E-state index is -0.221. The number of aryl methyl sites for hydroxylation is 2. The van der Waals surface area contributed by atoms with Gasteiger partial charge in [-0.25, -0.2) is 0 Å². The summed E-state index contributed by atoms with van der Waals surface area (Å²) in [7, 11) is 3.17. The summed E-state index contributed by atoms with van der Waals surface area (Å²) < 4.78 is 13.7. The predicted molar refractivity (Wildman–Crippen MR) is 113 cm³/mol. The van der Waals surface area contributed by atoms with Crippen LogP contribution in [-0.2, 0) is 17.8 Å². The molecule has 1 amide bonds. The number of benzene rings is 2. The van der Waals surface area contributed by atoms with Crippen LogP contribution in [-0.4, -0.2) is 24.7 Å². The van der Waals surface area contributed by atoms with Crippen molar-refractivity contribution in [2.75, 3.05) is 14.2 Å². The summed E-state index contributed by atoms with van der Waals surface area (Å²) in [5.74, 6) is 1.08. The van der Waals surface area contributed by atoms with Crippen molar-refractivity contribution >= 4 is 27.5 Å². The highest BCUT2D eigenvalue weighted by Gasteiger charge is 2.12. The minimum absolute atomic E-state index is 0.160. The molecule has 1 heterocycles. The van der Waals surface area contributed by atoms with E-state index in [1.165, 1.54) is 22.5 Å². The van der Waals surface area contributed by atoms with Gasteiger partial charge in [-0.05, 0) is 43.2 Å². The molecule has 3 rings (SSSR count). The van der Waals surface area contributed by atoms with Gasteiger partial charge >= 0.3 is 0 Å². The fourth-order valence-corrected chi connectivity index (χ4v) is 4.16. The maximum atomic E-state index is 12.7. The number of rotatable bonds is 6. The summed E-state index contributed by atoms with van der Waals surface area (Å²) in [6, 6.07) is 9.70. The second-order valence-corrected chi connectivity index (χ2v) is 7.56. The number of hydrogen-bond donors (Lipinski definition) is 0. The number of amides is 1. The second-order valence-electron chi connectivity index (χ2n) is 6.55. The molecule has 0 aliphatic heterocycles. The van der Waals surface area contributed by atoms with E-state index < -0.39 is 0 Å². The van der Waals surface area contributed by atoms with Crippen LogP contribution in [0, 0.1) is 13.8 Å². The average Bonchev–Trinajstić information content (AvgIpc) is 2.99. The first-order valence-electron chi connectivity index (χ1n) is 8.96. The summed E-state index contributed by atoms with van der Waals surface area (Å²) in [6.45, 7) is 8.61. The van der Waals surface area contributed by atoms with E-state index in [4.69, 9.17) is 9.47 Å². The smallest absolute Gasteiger partial charge is 0.252 e. The van der Waals surface area contributed by atoms with E-state index in [9.17, 15) is 4.79 Å². The fourth-order valence-electron chi connectivity index (χ4n) is 3.02. The van der Waals surface area contributed by atoms with Gasteiger partial charge in [0.2, 0.25) is 0 Å². The number of methoxy groups -OCH3 is 2. The zero-order valence-electron chi connectivity index (χ0n) is 16.6. The maximum absolute atomic E-state index is 12.7. The van der Waals surface area contributed by atoms with Gasteiger partial charge in [-0.15, -0.1) is 6.58 Å². The largest absolute Gasteiger partial charge is 0.497 e. The molecule has 0 aliphatic carbocycles. The lowest BCUT2D eigenvalue weighted by Gasteiger charge is -2.08. The van der Waals surface area contributed by atoms with E-state index in [0.29, 0.717) is 22.8 Å². The molecule has 0 fully saturated rings. The van der Waals surface area contributed by atoms with Crippen molar-refractivity contribution in [3.8, 4) is 11.5 Å². The van der Waals surface area contributed by atoms with Gasteiger partial charge < -0.3 is 14.0 Å². The Bertz CT molecular complexity index is 1110. The van der Waals surface area contributed by atoms with E-state index in [1.54, 1.807) is 20.3 Å². The lowest BCUT2D eigenvalue weighted by atomic mass is 10.1. The highest BCUT2D eigenvalue weighted by atomic mass is 32.1. The molecule has 0 spiro atoms. The zero-order valence-corrected chi connectivity index (χ0v) is 17.4. The van der Waals surface area contributed by atoms with Crippen LogP contribution in [0.15, 0.2) is 48.0 Å². The van der Waals surface area contributed by atoms with Crippen molar-refractivity contribution in [2.24, 2.45) is 4.99 Å². The van der Waals surface area contributed by atoms with Crippen LogP contribution in [0.25, 0.3) is 10.2 Å². The van der Waals surface area contributed by atoms with Gasteiger partial charge in [0, 0.05) is 18.2 Å². The molecule has 0 atom stereocenters. The predicted octanol–water partition coefficient (Wildman–Crippen LogP) is 4.19. The number of ether oxygens (including phenoxy) is 2. The summed E-state index contributed by atoms with van der Waals surface area (Å²) in [4.78, 5) is 17.8. The van der Waals surface area contributed by atoms with E-state index >= 15 is 0 Å². The maximum Gasteiger partial charge on any atom is 0.252 e. The van der Waals surface area contributed by atoms with Gasteiger partial charge in [0.05, 0.1) is 30.9 Å². The molecule has 0 unspecified atom stereocenters. The van der Waals surface area contributed by atoms with E-state index in [1.807, 2.05) is 22.8 Å². The quantitative estimate of drug-likeness (QED) is 0.587. The Labute approximate surface area is 168 Å². The topological polar surface area (TPSA) is 52.8 Å². The molecule has 0 bridgehead atoms. The number of aromatic nitrogens is 1. The van der Waals surface area contributed by atoms with Crippen molar-refractivity contribution in [1.82, 2.24) is 4.57 Å². The molecule has 28 heavy (non-hydrogen) atoms. The standard InChI is InChI=1S/C22H24N2O3S/c1-6-9-24-18-10-14(2)15(3)11-20(18)28-22(24)23-21(25)12-16-7-8-17(26-4)13-19(16)27-5/h6-8,10-11,13H,1,9,12H2,2-5H3. The lowest BCUT2D eigenvalue weighted by Crippen LogP contribution is -2.17. The van der Waals surface area contributed by atoms with Gasteiger partial charge in [0.1, 0.15) is 11.5 Å². The van der Waals surface area contributed by atoms with Crippen molar-refractivity contribution in [3.05, 3.63) is 64.5 Å². The van der Waals surface area contributed by atoms with E-state index in [-0.39, 0.29) is 12.3 Å². The zero-order chi connectivity index (χ0) is 20.3. The highest BCUT2D eigenvalue weighted by molar-refractivity contribution is 7.16. The lowest BCUT2D eigenvalue weighted by molar-refractivity contribution is -0.117.